The minimum Gasteiger partial charge on any atom is -0.229 e. The normalized spacial score (nSPS) is 11.8. The molecule has 0 radical (unpaired) electrons. The van der Waals surface area contributed by atoms with Crippen LogP contribution < -0.4 is 0 Å². The number of hydrogen-bond donors (Lipinski definition) is 0. The van der Waals surface area contributed by atoms with E-state index >= 15 is 0 Å². The van der Waals surface area contributed by atoms with E-state index in [4.69, 9.17) is 11.6 Å². The molecule has 0 fully saturated rings. The molecule has 6 heteroatoms. The Morgan fingerprint density at radius 1 is 1.15 bits per heavy atom. The average molecular weight is 211 g/mol. The molecule has 13 heavy (non-hydrogen) atoms. The minimum absolute atomic E-state index is 0.153. The van der Waals surface area contributed by atoms with Gasteiger partial charge in [-0.2, -0.15) is 13.2 Å². The fourth-order valence-electron chi connectivity index (χ4n) is 0.721. The Morgan fingerprint density at radius 2 is 1.69 bits per heavy atom. The van der Waals surface area contributed by atoms with Crippen LogP contribution in [-0.4, -0.2) is 9.97 Å². The molecule has 0 atom stereocenters. The number of aryl methyl sites for hydroxylation is 1. The van der Waals surface area contributed by atoms with Crippen molar-refractivity contribution >= 4 is 11.6 Å². The van der Waals surface area contributed by atoms with E-state index in [1.54, 1.807) is 6.92 Å². The molecular weight excluding hydrogens is 205 g/mol. The van der Waals surface area contributed by atoms with Gasteiger partial charge < -0.3 is 0 Å². The SMILES string of the molecule is Cc1nc(C(F)(F)F)nc(Cl)c1C. The van der Waals surface area contributed by atoms with Crippen molar-refractivity contribution in [3.05, 3.63) is 22.2 Å². The Labute approximate surface area is 77.8 Å². The smallest absolute Gasteiger partial charge is 0.229 e. The van der Waals surface area contributed by atoms with Crippen molar-refractivity contribution in [2.45, 2.75) is 20.0 Å². The van der Waals surface area contributed by atoms with Gasteiger partial charge in [0.25, 0.3) is 0 Å². The summed E-state index contributed by atoms with van der Waals surface area (Å²) in [7, 11) is 0. The van der Waals surface area contributed by atoms with Crippen molar-refractivity contribution in [1.82, 2.24) is 9.97 Å². The first-order chi connectivity index (χ1) is 5.82. The molecule has 0 aliphatic heterocycles. The number of aromatic nitrogens is 2. The highest BCUT2D eigenvalue weighted by Crippen LogP contribution is 2.28. The Hall–Kier alpha value is -0.840. The summed E-state index contributed by atoms with van der Waals surface area (Å²) in [6.45, 7) is 3.02. The highest BCUT2D eigenvalue weighted by atomic mass is 35.5. The van der Waals surface area contributed by atoms with Gasteiger partial charge in [0.1, 0.15) is 5.15 Å². The van der Waals surface area contributed by atoms with Crippen molar-refractivity contribution in [2.75, 3.05) is 0 Å². The predicted octanol–water partition coefficient (Wildman–Crippen LogP) is 2.77. The van der Waals surface area contributed by atoms with E-state index in [0.29, 0.717) is 5.56 Å². The second-order valence-electron chi connectivity index (χ2n) is 2.55. The van der Waals surface area contributed by atoms with Crippen LogP contribution in [0.1, 0.15) is 17.1 Å². The molecule has 2 nitrogen and oxygen atoms in total. The third-order valence-corrected chi connectivity index (χ3v) is 1.95. The molecule has 1 rings (SSSR count). The van der Waals surface area contributed by atoms with Crippen LogP contribution in [-0.2, 0) is 6.18 Å². The highest BCUT2D eigenvalue weighted by Gasteiger charge is 2.35. The van der Waals surface area contributed by atoms with E-state index < -0.39 is 12.0 Å². The number of nitrogens with zero attached hydrogens (tertiary/aromatic N) is 2. The van der Waals surface area contributed by atoms with Crippen LogP contribution in [0.4, 0.5) is 13.2 Å². The molecule has 0 saturated heterocycles. The summed E-state index contributed by atoms with van der Waals surface area (Å²) >= 11 is 5.47. The van der Waals surface area contributed by atoms with Crippen LogP contribution in [0.15, 0.2) is 0 Å². The van der Waals surface area contributed by atoms with Gasteiger partial charge in [-0.3, -0.25) is 0 Å². The Kier molecular flexibility index (Phi) is 2.47. The van der Waals surface area contributed by atoms with E-state index in [-0.39, 0.29) is 10.8 Å². The first kappa shape index (κ1) is 10.2. The molecule has 0 spiro atoms. The van der Waals surface area contributed by atoms with E-state index in [2.05, 4.69) is 9.97 Å². The first-order valence-corrected chi connectivity index (χ1v) is 3.78. The Balaban J connectivity index is 3.29. The average Bonchev–Trinajstić information content (AvgIpc) is 1.97. The topological polar surface area (TPSA) is 25.8 Å². The van der Waals surface area contributed by atoms with Crippen LogP contribution >= 0.6 is 11.6 Å². The van der Waals surface area contributed by atoms with Crippen molar-refractivity contribution in [3.63, 3.8) is 0 Å². The molecule has 0 amide bonds. The third-order valence-electron chi connectivity index (χ3n) is 1.58. The van der Waals surface area contributed by atoms with Crippen LogP contribution in [0, 0.1) is 13.8 Å². The lowest BCUT2D eigenvalue weighted by Crippen LogP contribution is -2.12. The number of hydrogen-bond acceptors (Lipinski definition) is 2. The lowest BCUT2D eigenvalue weighted by molar-refractivity contribution is -0.145. The third kappa shape index (κ3) is 2.09. The molecule has 0 aliphatic carbocycles. The lowest BCUT2D eigenvalue weighted by Gasteiger charge is -2.07. The van der Waals surface area contributed by atoms with Gasteiger partial charge in [-0.05, 0) is 13.8 Å². The molecule has 0 aromatic carbocycles. The summed E-state index contributed by atoms with van der Waals surface area (Å²) in [5.74, 6) is -1.19. The predicted molar refractivity (Wildman–Crippen MR) is 41.5 cm³/mol. The van der Waals surface area contributed by atoms with E-state index in [1.807, 2.05) is 0 Å². The largest absolute Gasteiger partial charge is 0.451 e. The van der Waals surface area contributed by atoms with Gasteiger partial charge in [0.15, 0.2) is 0 Å². The zero-order valence-electron chi connectivity index (χ0n) is 6.91. The molecule has 0 bridgehead atoms. The summed E-state index contributed by atoms with van der Waals surface area (Å²) in [6, 6.07) is 0. The van der Waals surface area contributed by atoms with Crippen molar-refractivity contribution in [3.8, 4) is 0 Å². The van der Waals surface area contributed by atoms with Crippen LogP contribution in [0.5, 0.6) is 0 Å². The number of alkyl halides is 3. The molecule has 0 unspecified atom stereocenters. The molecule has 1 aromatic rings. The van der Waals surface area contributed by atoms with Gasteiger partial charge >= 0.3 is 6.18 Å². The van der Waals surface area contributed by atoms with E-state index in [1.165, 1.54) is 6.92 Å². The second-order valence-corrected chi connectivity index (χ2v) is 2.90. The van der Waals surface area contributed by atoms with Crippen LogP contribution in [0.3, 0.4) is 0 Å². The maximum Gasteiger partial charge on any atom is 0.451 e. The van der Waals surface area contributed by atoms with Gasteiger partial charge in [0, 0.05) is 11.3 Å². The highest BCUT2D eigenvalue weighted by molar-refractivity contribution is 6.30. The summed E-state index contributed by atoms with van der Waals surface area (Å²) in [5, 5.41) is -0.153. The summed E-state index contributed by atoms with van der Waals surface area (Å²) in [4.78, 5) is 6.42. The van der Waals surface area contributed by atoms with Gasteiger partial charge in [-0.25, -0.2) is 9.97 Å². The quantitative estimate of drug-likeness (QED) is 0.616. The fraction of sp³-hybridized carbons (Fsp3) is 0.429. The van der Waals surface area contributed by atoms with E-state index in [9.17, 15) is 13.2 Å². The molecular formula is C7H6ClF3N2. The van der Waals surface area contributed by atoms with E-state index in [0.717, 1.165) is 0 Å². The Bertz CT molecular complexity index is 312. The summed E-state index contributed by atoms with van der Waals surface area (Å²) < 4.78 is 36.3. The minimum atomic E-state index is -4.54. The molecule has 0 N–H and O–H groups in total. The zero-order chi connectivity index (χ0) is 10.2. The second kappa shape index (κ2) is 3.14. The number of rotatable bonds is 0. The standard InChI is InChI=1S/C7H6ClF3N2/c1-3-4(2)12-6(7(9,10)11)13-5(3)8/h1-2H3. The molecule has 0 aliphatic rings. The molecule has 0 saturated carbocycles. The van der Waals surface area contributed by atoms with Crippen molar-refractivity contribution in [1.29, 1.82) is 0 Å². The van der Waals surface area contributed by atoms with Crippen molar-refractivity contribution in [2.24, 2.45) is 0 Å². The maximum atomic E-state index is 12.1. The van der Waals surface area contributed by atoms with Gasteiger partial charge in [0.2, 0.25) is 5.82 Å². The fourth-order valence-corrected chi connectivity index (χ4v) is 0.937. The maximum absolute atomic E-state index is 12.1. The van der Waals surface area contributed by atoms with Crippen molar-refractivity contribution < 1.29 is 13.2 Å². The van der Waals surface area contributed by atoms with Crippen LogP contribution in [0.25, 0.3) is 0 Å². The zero-order valence-corrected chi connectivity index (χ0v) is 7.66. The van der Waals surface area contributed by atoms with Gasteiger partial charge in [-0.15, -0.1) is 0 Å². The lowest BCUT2D eigenvalue weighted by atomic mass is 10.3. The Morgan fingerprint density at radius 3 is 2.08 bits per heavy atom. The molecule has 1 heterocycles. The first-order valence-electron chi connectivity index (χ1n) is 3.40. The molecule has 1 aromatic heterocycles. The monoisotopic (exact) mass is 210 g/mol. The summed E-state index contributed by atoms with van der Waals surface area (Å²) in [5.41, 5.74) is 0.710. The van der Waals surface area contributed by atoms with Gasteiger partial charge in [0.05, 0.1) is 0 Å². The molecule has 72 valence electrons. The number of halogens is 4. The van der Waals surface area contributed by atoms with Gasteiger partial charge in [-0.1, -0.05) is 11.6 Å². The summed E-state index contributed by atoms with van der Waals surface area (Å²) in [6.07, 6.45) is -4.54. The van der Waals surface area contributed by atoms with Crippen LogP contribution in [0.2, 0.25) is 5.15 Å².